The summed E-state index contributed by atoms with van der Waals surface area (Å²) in [6.07, 6.45) is 3.04. The highest BCUT2D eigenvalue weighted by molar-refractivity contribution is 6.44. The van der Waals surface area contributed by atoms with Gasteiger partial charge >= 0.3 is 0 Å². The van der Waals surface area contributed by atoms with E-state index in [0.717, 1.165) is 25.3 Å². The molecular weight excluding hydrogens is 315 g/mol. The van der Waals surface area contributed by atoms with Crippen molar-refractivity contribution in [2.45, 2.75) is 26.2 Å². The molecule has 114 valence electrons. The van der Waals surface area contributed by atoms with Gasteiger partial charge in [0.25, 0.3) is 11.6 Å². The number of benzene rings is 1. The van der Waals surface area contributed by atoms with Crippen LogP contribution in [0.4, 0.5) is 5.69 Å². The fraction of sp³-hybridized carbons (Fsp3) is 0.500. The van der Waals surface area contributed by atoms with Crippen LogP contribution in [0.5, 0.6) is 0 Å². The molecule has 21 heavy (non-hydrogen) atoms. The number of hydrogen-bond donors (Lipinski definition) is 0. The molecule has 1 heterocycles. The molecule has 0 spiro atoms. The highest BCUT2D eigenvalue weighted by atomic mass is 35.5. The summed E-state index contributed by atoms with van der Waals surface area (Å²) >= 11 is 11.9. The van der Waals surface area contributed by atoms with Crippen LogP contribution >= 0.6 is 23.2 Å². The van der Waals surface area contributed by atoms with Crippen molar-refractivity contribution in [3.63, 3.8) is 0 Å². The summed E-state index contributed by atoms with van der Waals surface area (Å²) in [5, 5.41) is 11.0. The van der Waals surface area contributed by atoms with Crippen molar-refractivity contribution in [1.82, 2.24) is 4.90 Å². The third kappa shape index (κ3) is 3.47. The fourth-order valence-corrected chi connectivity index (χ4v) is 2.99. The second-order valence-corrected chi connectivity index (χ2v) is 6.00. The molecule has 0 aromatic heterocycles. The Bertz CT molecular complexity index is 578. The monoisotopic (exact) mass is 330 g/mol. The Morgan fingerprint density at radius 1 is 1.48 bits per heavy atom. The van der Waals surface area contributed by atoms with Crippen molar-refractivity contribution < 1.29 is 9.72 Å². The van der Waals surface area contributed by atoms with E-state index in [1.165, 1.54) is 6.07 Å². The number of carbonyl (C=O) groups excluding carboxylic acids is 1. The van der Waals surface area contributed by atoms with E-state index in [0.29, 0.717) is 19.0 Å². The first-order valence-electron chi connectivity index (χ1n) is 6.86. The molecule has 0 N–H and O–H groups in total. The first kappa shape index (κ1) is 16.0. The molecule has 1 aromatic carbocycles. The molecular formula is C14H16Cl2N2O3. The zero-order valence-electron chi connectivity index (χ0n) is 11.6. The maximum absolute atomic E-state index is 12.6. The summed E-state index contributed by atoms with van der Waals surface area (Å²) in [4.78, 5) is 24.6. The number of hydrogen-bond acceptors (Lipinski definition) is 3. The Morgan fingerprint density at radius 2 is 2.19 bits per heavy atom. The number of non-ortho nitro benzene ring substituents is 1. The molecule has 0 saturated carbocycles. The number of likely N-dealkylation sites (tertiary alicyclic amines) is 1. The fourth-order valence-electron chi connectivity index (χ4n) is 2.59. The Kier molecular flexibility index (Phi) is 5.06. The quantitative estimate of drug-likeness (QED) is 0.617. The molecule has 1 atom stereocenters. The summed E-state index contributed by atoms with van der Waals surface area (Å²) in [5.41, 5.74) is -0.121. The minimum absolute atomic E-state index is 0.0262. The Labute approximate surface area is 133 Å². The van der Waals surface area contributed by atoms with Gasteiger partial charge in [0.2, 0.25) is 0 Å². The van der Waals surface area contributed by atoms with Gasteiger partial charge in [-0.05, 0) is 18.8 Å². The lowest BCUT2D eigenvalue weighted by atomic mass is 9.95. The van der Waals surface area contributed by atoms with Gasteiger partial charge in [-0.25, -0.2) is 0 Å². The van der Waals surface area contributed by atoms with E-state index in [1.807, 2.05) is 0 Å². The normalized spacial score (nSPS) is 18.6. The third-order valence-corrected chi connectivity index (χ3v) is 4.64. The molecule has 1 aliphatic heterocycles. The maximum atomic E-state index is 12.6. The number of nitrogens with zero attached hydrogens (tertiary/aromatic N) is 2. The van der Waals surface area contributed by atoms with E-state index in [1.54, 1.807) is 4.90 Å². The predicted molar refractivity (Wildman–Crippen MR) is 82.0 cm³/mol. The smallest absolute Gasteiger partial charge is 0.271 e. The van der Waals surface area contributed by atoms with Gasteiger partial charge < -0.3 is 4.90 Å². The van der Waals surface area contributed by atoms with E-state index in [-0.39, 0.29) is 27.2 Å². The second-order valence-electron chi connectivity index (χ2n) is 5.21. The van der Waals surface area contributed by atoms with Gasteiger partial charge in [-0.15, -0.1) is 0 Å². The Morgan fingerprint density at radius 3 is 2.81 bits per heavy atom. The summed E-state index contributed by atoms with van der Waals surface area (Å²) in [7, 11) is 0. The number of carbonyl (C=O) groups is 1. The molecule has 5 nitrogen and oxygen atoms in total. The third-order valence-electron chi connectivity index (χ3n) is 3.84. The van der Waals surface area contributed by atoms with Crippen molar-refractivity contribution in [1.29, 1.82) is 0 Å². The number of nitro groups is 1. The van der Waals surface area contributed by atoms with Crippen molar-refractivity contribution >= 4 is 34.8 Å². The Balaban J connectivity index is 2.32. The maximum Gasteiger partial charge on any atom is 0.271 e. The summed E-state index contributed by atoms with van der Waals surface area (Å²) in [6.45, 7) is 3.40. The lowest BCUT2D eigenvalue weighted by molar-refractivity contribution is -0.384. The van der Waals surface area contributed by atoms with Crippen LogP contribution in [0, 0.1) is 16.0 Å². The number of halogens is 2. The van der Waals surface area contributed by atoms with E-state index < -0.39 is 4.92 Å². The molecule has 7 heteroatoms. The lowest BCUT2D eigenvalue weighted by Crippen LogP contribution is -2.39. The van der Waals surface area contributed by atoms with Crippen molar-refractivity contribution in [3.8, 4) is 0 Å². The number of nitro benzene ring substituents is 1. The first-order valence-corrected chi connectivity index (χ1v) is 7.62. The van der Waals surface area contributed by atoms with E-state index in [4.69, 9.17) is 23.2 Å². The first-order chi connectivity index (χ1) is 9.93. The van der Waals surface area contributed by atoms with Crippen molar-refractivity contribution in [2.24, 2.45) is 5.92 Å². The molecule has 1 aromatic rings. The van der Waals surface area contributed by atoms with Gasteiger partial charge in [-0.1, -0.05) is 36.5 Å². The average molecular weight is 331 g/mol. The molecule has 1 saturated heterocycles. The van der Waals surface area contributed by atoms with Crippen LogP contribution in [-0.4, -0.2) is 28.8 Å². The van der Waals surface area contributed by atoms with Crippen LogP contribution in [0.25, 0.3) is 0 Å². The molecule has 0 aliphatic carbocycles. The van der Waals surface area contributed by atoms with E-state index in [2.05, 4.69) is 6.92 Å². The minimum atomic E-state index is -0.579. The standard InChI is InChI=1S/C14H16Cl2N2O3/c1-2-9-4-3-5-17(8-9)14(19)11-6-10(18(20)21)7-12(15)13(11)16/h6-7,9H,2-5,8H2,1H3. The van der Waals surface area contributed by atoms with Crippen LogP contribution in [-0.2, 0) is 0 Å². The zero-order valence-corrected chi connectivity index (χ0v) is 13.2. The van der Waals surface area contributed by atoms with Crippen molar-refractivity contribution in [2.75, 3.05) is 13.1 Å². The van der Waals surface area contributed by atoms with Gasteiger partial charge in [0.15, 0.2) is 0 Å². The molecule has 0 radical (unpaired) electrons. The highest BCUT2D eigenvalue weighted by Crippen LogP contribution is 2.32. The summed E-state index contributed by atoms with van der Waals surface area (Å²) in [5.74, 6) is 0.180. The molecule has 1 fully saturated rings. The summed E-state index contributed by atoms with van der Waals surface area (Å²) < 4.78 is 0. The molecule has 1 aliphatic rings. The average Bonchev–Trinajstić information content (AvgIpc) is 2.49. The van der Waals surface area contributed by atoms with Gasteiger partial charge in [-0.2, -0.15) is 0 Å². The van der Waals surface area contributed by atoms with E-state index in [9.17, 15) is 14.9 Å². The van der Waals surface area contributed by atoms with Crippen molar-refractivity contribution in [3.05, 3.63) is 37.9 Å². The Hall–Kier alpha value is -1.33. The molecule has 1 amide bonds. The predicted octanol–water partition coefficient (Wildman–Crippen LogP) is 4.16. The van der Waals surface area contributed by atoms with Crippen LogP contribution < -0.4 is 0 Å². The van der Waals surface area contributed by atoms with Crippen LogP contribution in [0.15, 0.2) is 12.1 Å². The number of piperidine rings is 1. The minimum Gasteiger partial charge on any atom is -0.338 e. The molecule has 1 unspecified atom stereocenters. The van der Waals surface area contributed by atoms with Crippen LogP contribution in [0.1, 0.15) is 36.5 Å². The lowest BCUT2D eigenvalue weighted by Gasteiger charge is -2.32. The molecule has 2 rings (SSSR count). The van der Waals surface area contributed by atoms with Gasteiger partial charge in [0.05, 0.1) is 20.5 Å². The number of rotatable bonds is 3. The molecule has 0 bridgehead atoms. The van der Waals surface area contributed by atoms with Crippen LogP contribution in [0.3, 0.4) is 0 Å². The SMILES string of the molecule is CCC1CCCN(C(=O)c2cc([N+](=O)[O-])cc(Cl)c2Cl)C1. The highest BCUT2D eigenvalue weighted by Gasteiger charge is 2.27. The van der Waals surface area contributed by atoms with E-state index >= 15 is 0 Å². The van der Waals surface area contributed by atoms with Crippen LogP contribution in [0.2, 0.25) is 10.0 Å². The second kappa shape index (κ2) is 6.62. The zero-order chi connectivity index (χ0) is 15.6. The topological polar surface area (TPSA) is 63.5 Å². The largest absolute Gasteiger partial charge is 0.338 e. The van der Waals surface area contributed by atoms with Gasteiger partial charge in [0.1, 0.15) is 0 Å². The summed E-state index contributed by atoms with van der Waals surface area (Å²) in [6, 6.07) is 2.36. The number of amides is 1. The van der Waals surface area contributed by atoms with Gasteiger partial charge in [0, 0.05) is 25.2 Å². The van der Waals surface area contributed by atoms with Gasteiger partial charge in [-0.3, -0.25) is 14.9 Å².